The summed E-state index contributed by atoms with van der Waals surface area (Å²) < 4.78 is 3.11. The highest BCUT2D eigenvalue weighted by molar-refractivity contribution is 9.10. The van der Waals surface area contributed by atoms with Gasteiger partial charge in [0.05, 0.1) is 0 Å². The first kappa shape index (κ1) is 15.7. The highest BCUT2D eigenvalue weighted by Crippen LogP contribution is 2.28. The first-order valence-electron chi connectivity index (χ1n) is 7.43. The third kappa shape index (κ3) is 3.28. The zero-order valence-electron chi connectivity index (χ0n) is 12.7. The second kappa shape index (κ2) is 6.94. The van der Waals surface area contributed by atoms with Gasteiger partial charge in [-0.3, -0.25) is 0 Å². The third-order valence-corrected chi connectivity index (χ3v) is 4.57. The molecule has 0 saturated heterocycles. The number of aromatic nitrogens is 2. The van der Waals surface area contributed by atoms with E-state index in [0.29, 0.717) is 6.54 Å². The smallest absolute Gasteiger partial charge is 0.140 e. The molecular formula is C19H18BrN3. The molecule has 0 bridgehead atoms. The van der Waals surface area contributed by atoms with Crippen molar-refractivity contribution in [2.24, 2.45) is 5.73 Å². The Morgan fingerprint density at radius 1 is 1.13 bits per heavy atom. The summed E-state index contributed by atoms with van der Waals surface area (Å²) >= 11 is 3.56. The molecule has 0 aliphatic carbocycles. The van der Waals surface area contributed by atoms with Crippen molar-refractivity contribution < 1.29 is 0 Å². The Kier molecular flexibility index (Phi) is 4.74. The van der Waals surface area contributed by atoms with Gasteiger partial charge in [-0.15, -0.1) is 0 Å². The lowest BCUT2D eigenvalue weighted by atomic mass is 10.00. The van der Waals surface area contributed by atoms with Crippen LogP contribution in [0.3, 0.4) is 0 Å². The molecule has 4 heteroatoms. The molecule has 0 saturated carbocycles. The van der Waals surface area contributed by atoms with Gasteiger partial charge in [0.15, 0.2) is 0 Å². The van der Waals surface area contributed by atoms with Crippen LogP contribution in [-0.2, 0) is 13.1 Å². The molecule has 0 atom stereocenters. The minimum absolute atomic E-state index is 0.454. The van der Waals surface area contributed by atoms with Gasteiger partial charge in [-0.25, -0.2) is 4.98 Å². The van der Waals surface area contributed by atoms with E-state index in [1.807, 2.05) is 48.8 Å². The predicted molar refractivity (Wildman–Crippen MR) is 97.9 cm³/mol. The van der Waals surface area contributed by atoms with E-state index in [-0.39, 0.29) is 0 Å². The summed E-state index contributed by atoms with van der Waals surface area (Å²) in [4.78, 5) is 4.50. The van der Waals surface area contributed by atoms with Crippen molar-refractivity contribution in [1.82, 2.24) is 9.55 Å². The molecule has 3 aromatic rings. The Morgan fingerprint density at radius 3 is 2.65 bits per heavy atom. The van der Waals surface area contributed by atoms with Crippen LogP contribution in [0.5, 0.6) is 0 Å². The Hall–Kier alpha value is -2.17. The van der Waals surface area contributed by atoms with Crippen molar-refractivity contribution in [2.45, 2.75) is 13.1 Å². The maximum absolute atomic E-state index is 5.91. The van der Waals surface area contributed by atoms with Crippen molar-refractivity contribution in [2.75, 3.05) is 0 Å². The number of hydrogen-bond acceptors (Lipinski definition) is 2. The minimum atomic E-state index is 0.454. The molecule has 1 aromatic heterocycles. The van der Waals surface area contributed by atoms with E-state index >= 15 is 0 Å². The molecule has 0 aliphatic heterocycles. The number of nitrogens with two attached hydrogens (primary N) is 1. The highest BCUT2D eigenvalue weighted by Gasteiger charge is 2.14. The van der Waals surface area contributed by atoms with Crippen molar-refractivity contribution in [3.05, 3.63) is 94.5 Å². The minimum Gasteiger partial charge on any atom is -0.327 e. The van der Waals surface area contributed by atoms with Gasteiger partial charge in [0, 0.05) is 35.5 Å². The number of nitrogens with zero attached hydrogens (tertiary/aromatic N) is 2. The van der Waals surface area contributed by atoms with E-state index in [1.165, 1.54) is 5.56 Å². The van der Waals surface area contributed by atoms with Crippen LogP contribution >= 0.6 is 15.9 Å². The molecule has 3 nitrogen and oxygen atoms in total. The molecule has 0 radical (unpaired) electrons. The molecule has 2 aromatic carbocycles. The van der Waals surface area contributed by atoms with Gasteiger partial charge in [0.2, 0.25) is 0 Å². The number of hydrogen-bond donors (Lipinski definition) is 1. The summed E-state index contributed by atoms with van der Waals surface area (Å²) in [6, 6.07) is 16.4. The van der Waals surface area contributed by atoms with Gasteiger partial charge in [-0.1, -0.05) is 65.0 Å². The molecule has 3 rings (SSSR count). The molecule has 0 unspecified atom stereocenters. The molecule has 1 heterocycles. The lowest BCUT2D eigenvalue weighted by Gasteiger charge is -2.14. The highest BCUT2D eigenvalue weighted by atomic mass is 79.9. The van der Waals surface area contributed by atoms with Crippen LogP contribution in [0.4, 0.5) is 0 Å². The fourth-order valence-electron chi connectivity index (χ4n) is 2.66. The SMILES string of the molecule is C=C(c1cccc(Br)c1CN)c1nccn1Cc1ccccc1. The molecule has 116 valence electrons. The summed E-state index contributed by atoms with van der Waals surface area (Å²) in [6.07, 6.45) is 3.79. The Bertz CT molecular complexity index is 822. The summed E-state index contributed by atoms with van der Waals surface area (Å²) in [6.45, 7) is 5.48. The average Bonchev–Trinajstić information content (AvgIpc) is 3.03. The number of imidazole rings is 1. The van der Waals surface area contributed by atoms with Gasteiger partial charge in [0.25, 0.3) is 0 Å². The van der Waals surface area contributed by atoms with Crippen LogP contribution in [-0.4, -0.2) is 9.55 Å². The number of halogens is 1. The Balaban J connectivity index is 1.96. The first-order valence-corrected chi connectivity index (χ1v) is 8.22. The van der Waals surface area contributed by atoms with Crippen molar-refractivity contribution in [3.63, 3.8) is 0 Å². The van der Waals surface area contributed by atoms with E-state index in [4.69, 9.17) is 5.73 Å². The van der Waals surface area contributed by atoms with E-state index in [1.54, 1.807) is 0 Å². The number of benzene rings is 2. The van der Waals surface area contributed by atoms with Crippen molar-refractivity contribution in [3.8, 4) is 0 Å². The summed E-state index contributed by atoms with van der Waals surface area (Å²) in [5.41, 5.74) is 10.1. The largest absolute Gasteiger partial charge is 0.327 e. The van der Waals surface area contributed by atoms with Crippen LogP contribution in [0.25, 0.3) is 5.57 Å². The van der Waals surface area contributed by atoms with E-state index in [2.05, 4.69) is 44.2 Å². The van der Waals surface area contributed by atoms with Crippen LogP contribution in [0.1, 0.15) is 22.5 Å². The van der Waals surface area contributed by atoms with Crippen molar-refractivity contribution in [1.29, 1.82) is 0 Å². The predicted octanol–water partition coefficient (Wildman–Crippen LogP) is 4.21. The van der Waals surface area contributed by atoms with E-state index < -0.39 is 0 Å². The molecule has 0 amide bonds. The lowest BCUT2D eigenvalue weighted by molar-refractivity contribution is 0.783. The molecule has 23 heavy (non-hydrogen) atoms. The number of rotatable bonds is 5. The summed E-state index contributed by atoms with van der Waals surface area (Å²) in [5, 5.41) is 0. The van der Waals surface area contributed by atoms with Crippen LogP contribution in [0.2, 0.25) is 0 Å². The van der Waals surface area contributed by atoms with E-state index in [9.17, 15) is 0 Å². The standard InChI is InChI=1S/C19H18BrN3/c1-14(16-8-5-9-18(20)17(16)12-21)19-22-10-11-23(19)13-15-6-3-2-4-7-15/h2-11H,1,12-13,21H2. The fourth-order valence-corrected chi connectivity index (χ4v) is 3.19. The molecule has 0 aliphatic rings. The molecule has 0 spiro atoms. The molecule has 0 fully saturated rings. The van der Waals surface area contributed by atoms with Gasteiger partial charge < -0.3 is 10.3 Å². The van der Waals surface area contributed by atoms with Gasteiger partial charge >= 0.3 is 0 Å². The third-order valence-electron chi connectivity index (χ3n) is 3.83. The van der Waals surface area contributed by atoms with Crippen LogP contribution < -0.4 is 5.73 Å². The normalized spacial score (nSPS) is 10.7. The zero-order chi connectivity index (χ0) is 16.2. The van der Waals surface area contributed by atoms with Crippen LogP contribution in [0.15, 0.2) is 72.0 Å². The fraction of sp³-hybridized carbons (Fsp3) is 0.105. The Morgan fingerprint density at radius 2 is 1.91 bits per heavy atom. The summed E-state index contributed by atoms with van der Waals surface area (Å²) in [7, 11) is 0. The molecular weight excluding hydrogens is 350 g/mol. The maximum atomic E-state index is 5.91. The second-order valence-electron chi connectivity index (χ2n) is 5.31. The lowest BCUT2D eigenvalue weighted by Crippen LogP contribution is -2.07. The molecule has 2 N–H and O–H groups in total. The summed E-state index contributed by atoms with van der Waals surface area (Å²) in [5.74, 6) is 0.863. The van der Waals surface area contributed by atoms with Crippen LogP contribution in [0, 0.1) is 0 Å². The first-order chi connectivity index (χ1) is 11.2. The van der Waals surface area contributed by atoms with E-state index in [0.717, 1.165) is 33.5 Å². The van der Waals surface area contributed by atoms with Gasteiger partial charge in [0.1, 0.15) is 5.82 Å². The monoisotopic (exact) mass is 367 g/mol. The van der Waals surface area contributed by atoms with Gasteiger partial charge in [-0.2, -0.15) is 0 Å². The topological polar surface area (TPSA) is 43.8 Å². The zero-order valence-corrected chi connectivity index (χ0v) is 14.3. The van der Waals surface area contributed by atoms with Crippen molar-refractivity contribution >= 4 is 21.5 Å². The quantitative estimate of drug-likeness (QED) is 0.733. The van der Waals surface area contributed by atoms with Gasteiger partial charge in [-0.05, 0) is 22.8 Å². The second-order valence-corrected chi connectivity index (χ2v) is 6.17. The maximum Gasteiger partial charge on any atom is 0.140 e. The Labute approximate surface area is 144 Å². The average molecular weight is 368 g/mol.